The molecule has 0 amide bonds. The summed E-state index contributed by atoms with van der Waals surface area (Å²) in [6.07, 6.45) is 7.58. The van der Waals surface area contributed by atoms with E-state index in [1.165, 1.54) is 122 Å². The average molecular weight is 467 g/mol. The molecule has 0 saturated heterocycles. The van der Waals surface area contributed by atoms with Crippen LogP contribution >= 0.6 is 0 Å². The van der Waals surface area contributed by atoms with Gasteiger partial charge in [-0.05, 0) is 49.7 Å². The lowest BCUT2D eigenvalue weighted by molar-refractivity contribution is -0.941. The van der Waals surface area contributed by atoms with E-state index in [0.717, 1.165) is 0 Å². The highest BCUT2D eigenvalue weighted by molar-refractivity contribution is 5.63. The topological polar surface area (TPSA) is 0 Å². The highest BCUT2D eigenvalue weighted by Crippen LogP contribution is 2.25. The van der Waals surface area contributed by atoms with Crippen molar-refractivity contribution in [3.63, 3.8) is 0 Å². The minimum Gasteiger partial charge on any atom is -0.320 e. The maximum absolute atomic E-state index is 2.38. The Morgan fingerprint density at radius 2 is 0.618 bits per heavy atom. The number of rotatable bonds is 17. The van der Waals surface area contributed by atoms with Crippen molar-refractivity contribution in [1.82, 2.24) is 0 Å². The second-order valence-electron chi connectivity index (χ2n) is 10.7. The lowest BCUT2D eigenvalue weighted by Gasteiger charge is -2.38. The fourth-order valence-corrected chi connectivity index (χ4v) is 6.37. The first-order chi connectivity index (χ1) is 16.5. The number of quaternary nitrogens is 2. The summed E-state index contributed by atoms with van der Waals surface area (Å²) in [6.45, 7) is 24.1. The van der Waals surface area contributed by atoms with Gasteiger partial charge in [0.15, 0.2) is 0 Å². The summed E-state index contributed by atoms with van der Waals surface area (Å²) < 4.78 is 2.48. The molecule has 2 aromatic carbocycles. The quantitative estimate of drug-likeness (QED) is 0.205. The lowest BCUT2D eigenvalue weighted by Crippen LogP contribution is -2.48. The molecule has 0 heterocycles. The molecule has 2 nitrogen and oxygen atoms in total. The van der Waals surface area contributed by atoms with Crippen molar-refractivity contribution in [2.45, 2.75) is 93.2 Å². The van der Waals surface area contributed by atoms with Gasteiger partial charge in [0.2, 0.25) is 0 Å². The molecule has 0 bridgehead atoms. The molecule has 0 radical (unpaired) electrons. The fourth-order valence-electron chi connectivity index (χ4n) is 6.37. The largest absolute Gasteiger partial charge is 0.320 e. The summed E-state index contributed by atoms with van der Waals surface area (Å²) >= 11 is 0. The first-order valence-corrected chi connectivity index (χ1v) is 14.4. The molecule has 0 unspecified atom stereocenters. The monoisotopic (exact) mass is 466 g/mol. The second kappa shape index (κ2) is 14.7. The van der Waals surface area contributed by atoms with E-state index in [0.29, 0.717) is 0 Å². The molecule has 0 saturated carbocycles. The Hall–Kier alpha value is -1.64. The molecule has 2 heteroatoms. The predicted octanol–water partition coefficient (Wildman–Crippen LogP) is 8.45. The average Bonchev–Trinajstić information content (AvgIpc) is 2.81. The van der Waals surface area contributed by atoms with Gasteiger partial charge in [0.05, 0.1) is 39.3 Å². The van der Waals surface area contributed by atoms with Crippen molar-refractivity contribution in [2.24, 2.45) is 0 Å². The van der Waals surface area contributed by atoms with Crippen molar-refractivity contribution in [2.75, 3.05) is 39.3 Å². The normalized spacial score (nSPS) is 12.3. The lowest BCUT2D eigenvalue weighted by atomic mass is 10.0. The molecule has 190 valence electrons. The van der Waals surface area contributed by atoms with Crippen LogP contribution in [0.4, 0.5) is 0 Å². The van der Waals surface area contributed by atoms with Gasteiger partial charge in [0.25, 0.3) is 0 Å². The zero-order valence-corrected chi connectivity index (χ0v) is 23.4. The molecule has 0 aromatic heterocycles. The molecule has 2 aromatic rings. The van der Waals surface area contributed by atoms with Crippen LogP contribution in [0, 0.1) is 0 Å². The van der Waals surface area contributed by atoms with Gasteiger partial charge >= 0.3 is 0 Å². The van der Waals surface area contributed by atoms with E-state index >= 15 is 0 Å². The fraction of sp³-hybridized carbons (Fsp3) is 0.625. The molecule has 0 atom stereocenters. The SMILES string of the molecule is CCC[N+](CCC)(CCC)Cc1ccc(-c2ccc(C[N+](CCC)(CCC)CCC)cc2)cc1. The summed E-state index contributed by atoms with van der Waals surface area (Å²) in [4.78, 5) is 0. The van der Waals surface area contributed by atoms with Crippen molar-refractivity contribution in [3.05, 3.63) is 59.7 Å². The zero-order valence-electron chi connectivity index (χ0n) is 23.4. The number of hydrogen-bond acceptors (Lipinski definition) is 0. The van der Waals surface area contributed by atoms with Gasteiger partial charge in [-0.1, -0.05) is 90.1 Å². The Morgan fingerprint density at radius 3 is 0.824 bits per heavy atom. The predicted molar refractivity (Wildman–Crippen MR) is 151 cm³/mol. The second-order valence-corrected chi connectivity index (χ2v) is 10.7. The van der Waals surface area contributed by atoms with Crippen LogP contribution in [0.25, 0.3) is 11.1 Å². The van der Waals surface area contributed by atoms with Gasteiger partial charge in [-0.3, -0.25) is 0 Å². The van der Waals surface area contributed by atoms with Gasteiger partial charge in [-0.25, -0.2) is 0 Å². The minimum atomic E-state index is 1.17. The van der Waals surface area contributed by atoms with Crippen molar-refractivity contribution >= 4 is 0 Å². The van der Waals surface area contributed by atoms with E-state index in [2.05, 4.69) is 90.1 Å². The molecule has 2 rings (SSSR count). The van der Waals surface area contributed by atoms with Crippen LogP contribution in [0.2, 0.25) is 0 Å². The highest BCUT2D eigenvalue weighted by atomic mass is 15.4. The first-order valence-electron chi connectivity index (χ1n) is 14.4. The Morgan fingerprint density at radius 1 is 0.382 bits per heavy atom. The smallest absolute Gasteiger partial charge is 0.104 e. The third kappa shape index (κ3) is 8.24. The maximum Gasteiger partial charge on any atom is 0.104 e. The van der Waals surface area contributed by atoms with E-state index < -0.39 is 0 Å². The summed E-state index contributed by atoms with van der Waals surface area (Å²) in [6, 6.07) is 18.9. The number of benzene rings is 2. The highest BCUT2D eigenvalue weighted by Gasteiger charge is 2.26. The van der Waals surface area contributed by atoms with Gasteiger partial charge in [0.1, 0.15) is 13.1 Å². The molecule has 0 aliphatic carbocycles. The number of hydrogen-bond donors (Lipinski definition) is 0. The molecule has 0 spiro atoms. The van der Waals surface area contributed by atoms with Gasteiger partial charge in [-0.15, -0.1) is 0 Å². The molecule has 0 aliphatic rings. The van der Waals surface area contributed by atoms with E-state index in [-0.39, 0.29) is 0 Å². The van der Waals surface area contributed by atoms with Crippen molar-refractivity contribution in [1.29, 1.82) is 0 Å². The first kappa shape index (κ1) is 28.6. The Labute approximate surface area is 212 Å². The summed E-state index contributed by atoms with van der Waals surface area (Å²) in [5, 5.41) is 0. The Balaban J connectivity index is 2.15. The van der Waals surface area contributed by atoms with Crippen molar-refractivity contribution < 1.29 is 8.97 Å². The third-order valence-electron chi connectivity index (χ3n) is 7.46. The third-order valence-corrected chi connectivity index (χ3v) is 7.46. The van der Waals surface area contributed by atoms with E-state index in [4.69, 9.17) is 0 Å². The van der Waals surface area contributed by atoms with Crippen LogP contribution < -0.4 is 0 Å². The molecule has 0 fully saturated rings. The molecule has 0 N–H and O–H groups in total. The van der Waals surface area contributed by atoms with Gasteiger partial charge in [0, 0.05) is 11.1 Å². The summed E-state index contributed by atoms with van der Waals surface area (Å²) in [7, 11) is 0. The van der Waals surface area contributed by atoms with Crippen LogP contribution in [0.5, 0.6) is 0 Å². The van der Waals surface area contributed by atoms with Crippen LogP contribution in [0.15, 0.2) is 48.5 Å². The van der Waals surface area contributed by atoms with Crippen LogP contribution in [0.3, 0.4) is 0 Å². The summed E-state index contributed by atoms with van der Waals surface area (Å²) in [5.41, 5.74) is 5.64. The molecular formula is C32H54N2+2. The Kier molecular flexibility index (Phi) is 12.4. The molecule has 0 aliphatic heterocycles. The number of nitrogens with zero attached hydrogens (tertiary/aromatic N) is 2. The zero-order chi connectivity index (χ0) is 24.9. The van der Waals surface area contributed by atoms with Crippen LogP contribution in [0.1, 0.15) is 91.2 Å². The van der Waals surface area contributed by atoms with Crippen molar-refractivity contribution in [3.8, 4) is 11.1 Å². The van der Waals surface area contributed by atoms with Gasteiger partial charge < -0.3 is 8.97 Å². The van der Waals surface area contributed by atoms with Gasteiger partial charge in [-0.2, -0.15) is 0 Å². The van der Waals surface area contributed by atoms with Crippen LogP contribution in [-0.4, -0.2) is 48.2 Å². The maximum atomic E-state index is 2.38. The van der Waals surface area contributed by atoms with E-state index in [1.807, 2.05) is 0 Å². The van der Waals surface area contributed by atoms with E-state index in [9.17, 15) is 0 Å². The van der Waals surface area contributed by atoms with Crippen LogP contribution in [-0.2, 0) is 13.1 Å². The standard InChI is InChI=1S/C32H54N2/c1-7-21-33(22-8-2,23-9-3)27-29-13-17-31(18-14-29)32-19-15-30(16-20-32)28-34(24-10-4,25-11-5)26-12-6/h13-20H,7-12,21-28H2,1-6H3/q+2. The molecule has 34 heavy (non-hydrogen) atoms. The summed E-state index contributed by atoms with van der Waals surface area (Å²) in [5.74, 6) is 0. The molecular weight excluding hydrogens is 412 g/mol. The minimum absolute atomic E-state index is 1.17. The Bertz CT molecular complexity index is 687. The van der Waals surface area contributed by atoms with E-state index in [1.54, 1.807) is 0 Å².